The van der Waals surface area contributed by atoms with E-state index in [4.69, 9.17) is 21.5 Å². The van der Waals surface area contributed by atoms with E-state index in [2.05, 4.69) is 21.2 Å². The van der Waals surface area contributed by atoms with E-state index in [0.29, 0.717) is 0 Å². The van der Waals surface area contributed by atoms with Crippen molar-refractivity contribution in [3.05, 3.63) is 27.2 Å². The number of methoxy groups -OCH3 is 1. The Morgan fingerprint density at radius 1 is 1.55 bits per heavy atom. The zero-order chi connectivity index (χ0) is 15.5. The third-order valence-corrected chi connectivity index (χ3v) is 5.09. The van der Waals surface area contributed by atoms with Crippen LogP contribution in [0.1, 0.15) is 17.3 Å². The van der Waals surface area contributed by atoms with Crippen LogP contribution in [0.15, 0.2) is 21.5 Å². The molecule has 0 aliphatic heterocycles. The van der Waals surface area contributed by atoms with Crippen LogP contribution < -0.4 is 10.5 Å². The van der Waals surface area contributed by atoms with Crippen LogP contribution in [0.3, 0.4) is 0 Å². The molecule has 0 radical (unpaired) electrons. The Morgan fingerprint density at radius 3 is 2.65 bits per heavy atom. The van der Waals surface area contributed by atoms with E-state index in [1.165, 1.54) is 13.2 Å². The van der Waals surface area contributed by atoms with Crippen molar-refractivity contribution in [1.29, 1.82) is 0 Å². The van der Waals surface area contributed by atoms with E-state index >= 15 is 0 Å². The smallest absolute Gasteiger partial charge is 0.251 e. The average molecular weight is 386 g/mol. The highest BCUT2D eigenvalue weighted by molar-refractivity contribution is 9.10. The van der Waals surface area contributed by atoms with Gasteiger partial charge in [0.25, 0.3) is 5.91 Å². The summed E-state index contributed by atoms with van der Waals surface area (Å²) in [6.07, 6.45) is -0.164. The van der Waals surface area contributed by atoms with Crippen LogP contribution in [-0.2, 0) is 14.8 Å². The molecule has 1 atom stereocenters. The Morgan fingerprint density at radius 2 is 2.15 bits per heavy atom. The van der Waals surface area contributed by atoms with E-state index in [9.17, 15) is 13.2 Å². The second kappa shape index (κ2) is 6.86. The van der Waals surface area contributed by atoms with Gasteiger partial charge >= 0.3 is 0 Å². The van der Waals surface area contributed by atoms with Crippen molar-refractivity contribution in [2.75, 3.05) is 13.7 Å². The van der Waals surface area contributed by atoms with Gasteiger partial charge in [-0.3, -0.25) is 4.79 Å². The summed E-state index contributed by atoms with van der Waals surface area (Å²) in [7, 11) is -2.46. The fourth-order valence-corrected chi connectivity index (χ4v) is 3.16. The van der Waals surface area contributed by atoms with Gasteiger partial charge < -0.3 is 10.1 Å². The minimum absolute atomic E-state index is 0.0847. The number of ether oxygens (including phenoxy) is 1. The quantitative estimate of drug-likeness (QED) is 0.802. The standard InChI is InChI=1S/C11H14BrClN2O4S/c1-6(19-2)5-15-11(16)7-3-8(13)10(12)9(4-7)20(14,17)18/h3-4,6H,5H2,1-2H3,(H,15,16)(H2,14,17,18). The summed E-state index contributed by atoms with van der Waals surface area (Å²) in [5.41, 5.74) is 0.102. The number of sulfonamides is 1. The van der Waals surface area contributed by atoms with Crippen LogP contribution in [0.25, 0.3) is 0 Å². The van der Waals surface area contributed by atoms with Gasteiger partial charge in [0.05, 0.1) is 20.5 Å². The Labute approximate surface area is 130 Å². The van der Waals surface area contributed by atoms with Crippen molar-refractivity contribution < 1.29 is 17.9 Å². The van der Waals surface area contributed by atoms with Gasteiger partial charge in [-0.15, -0.1) is 0 Å². The molecule has 1 unspecified atom stereocenters. The highest BCUT2D eigenvalue weighted by atomic mass is 79.9. The Hall–Kier alpha value is -0.670. The molecule has 0 saturated heterocycles. The van der Waals surface area contributed by atoms with E-state index < -0.39 is 15.9 Å². The van der Waals surface area contributed by atoms with Gasteiger partial charge in [0.2, 0.25) is 10.0 Å². The van der Waals surface area contributed by atoms with E-state index in [0.717, 1.165) is 6.07 Å². The Balaban J connectivity index is 3.09. The molecule has 20 heavy (non-hydrogen) atoms. The monoisotopic (exact) mass is 384 g/mol. The maximum Gasteiger partial charge on any atom is 0.251 e. The number of hydrogen-bond donors (Lipinski definition) is 2. The molecule has 0 aromatic heterocycles. The van der Waals surface area contributed by atoms with E-state index in [1.54, 1.807) is 6.92 Å². The molecule has 0 aliphatic carbocycles. The van der Waals surface area contributed by atoms with Crippen LogP contribution in [-0.4, -0.2) is 34.1 Å². The number of hydrogen-bond acceptors (Lipinski definition) is 4. The molecule has 1 aromatic rings. The van der Waals surface area contributed by atoms with Crippen LogP contribution in [0.2, 0.25) is 5.02 Å². The number of nitrogens with one attached hydrogen (secondary N) is 1. The number of carbonyl (C=O) groups excluding carboxylic acids is 1. The number of halogens is 2. The van der Waals surface area contributed by atoms with Gasteiger partial charge in [0.15, 0.2) is 0 Å². The molecule has 0 fully saturated rings. The summed E-state index contributed by atoms with van der Waals surface area (Å²) < 4.78 is 28.0. The maximum absolute atomic E-state index is 11.9. The lowest BCUT2D eigenvalue weighted by molar-refractivity contribution is 0.0870. The molecule has 0 spiro atoms. The van der Waals surface area contributed by atoms with Crippen molar-refractivity contribution in [2.45, 2.75) is 17.9 Å². The van der Waals surface area contributed by atoms with Crippen LogP contribution in [0.5, 0.6) is 0 Å². The predicted molar refractivity (Wildman–Crippen MR) is 79.3 cm³/mol. The largest absolute Gasteiger partial charge is 0.380 e. The van der Waals surface area contributed by atoms with Gasteiger partial charge in [0, 0.05) is 19.2 Å². The molecule has 0 heterocycles. The van der Waals surface area contributed by atoms with Gasteiger partial charge in [-0.25, -0.2) is 13.6 Å². The predicted octanol–water partition coefficient (Wildman–Crippen LogP) is 1.51. The normalized spacial score (nSPS) is 13.1. The fourth-order valence-electron chi connectivity index (χ4n) is 1.32. The van der Waals surface area contributed by atoms with Gasteiger partial charge in [-0.2, -0.15) is 0 Å². The van der Waals surface area contributed by atoms with Crippen LogP contribution in [0.4, 0.5) is 0 Å². The Kier molecular flexibility index (Phi) is 5.96. The van der Waals surface area contributed by atoms with E-state index in [1.807, 2.05) is 0 Å². The zero-order valence-corrected chi connectivity index (χ0v) is 14.0. The molecule has 0 saturated carbocycles. The second-order valence-corrected chi connectivity index (χ2v) is 6.80. The number of rotatable bonds is 5. The molecule has 6 nitrogen and oxygen atoms in total. The molecule has 1 amide bonds. The van der Waals surface area contributed by atoms with Crippen LogP contribution >= 0.6 is 27.5 Å². The summed E-state index contributed by atoms with van der Waals surface area (Å²) in [5.74, 6) is -0.465. The minimum Gasteiger partial charge on any atom is -0.380 e. The van der Waals surface area contributed by atoms with Crippen molar-refractivity contribution in [2.24, 2.45) is 5.14 Å². The van der Waals surface area contributed by atoms with Crippen molar-refractivity contribution in [3.8, 4) is 0 Å². The number of benzene rings is 1. The summed E-state index contributed by atoms with van der Waals surface area (Å²) >= 11 is 8.92. The number of carbonyl (C=O) groups is 1. The molecule has 9 heteroatoms. The Bertz CT molecular complexity index is 621. The lowest BCUT2D eigenvalue weighted by Crippen LogP contribution is -2.31. The third-order valence-electron chi connectivity index (χ3n) is 2.52. The molecule has 1 rings (SSSR count). The van der Waals surface area contributed by atoms with Crippen molar-refractivity contribution in [1.82, 2.24) is 5.32 Å². The number of primary sulfonamides is 1. The van der Waals surface area contributed by atoms with Gasteiger partial charge in [0.1, 0.15) is 0 Å². The minimum atomic E-state index is -3.98. The molecule has 112 valence electrons. The SMILES string of the molecule is COC(C)CNC(=O)c1cc(Cl)c(Br)c(S(N)(=O)=O)c1. The van der Waals surface area contributed by atoms with Crippen molar-refractivity contribution in [3.63, 3.8) is 0 Å². The van der Waals surface area contributed by atoms with Crippen LogP contribution in [0, 0.1) is 0 Å². The average Bonchev–Trinajstić information content (AvgIpc) is 2.36. The summed E-state index contributed by atoms with van der Waals surface area (Å²) in [5, 5.41) is 7.76. The van der Waals surface area contributed by atoms with Crippen molar-refractivity contribution >= 4 is 43.5 Å². The summed E-state index contributed by atoms with van der Waals surface area (Å²) in [6.45, 7) is 2.07. The molecule has 3 N–H and O–H groups in total. The maximum atomic E-state index is 11.9. The van der Waals surface area contributed by atoms with E-state index in [-0.39, 0.29) is 32.6 Å². The number of amides is 1. The fraction of sp³-hybridized carbons (Fsp3) is 0.364. The molecular weight excluding hydrogens is 372 g/mol. The lowest BCUT2D eigenvalue weighted by Gasteiger charge is -2.12. The van der Waals surface area contributed by atoms with Gasteiger partial charge in [-0.05, 0) is 35.0 Å². The summed E-state index contributed by atoms with van der Waals surface area (Å²) in [4.78, 5) is 11.7. The summed E-state index contributed by atoms with van der Waals surface area (Å²) in [6, 6.07) is 2.52. The molecule has 0 bridgehead atoms. The molecule has 0 aliphatic rings. The zero-order valence-electron chi connectivity index (χ0n) is 10.8. The first-order valence-electron chi connectivity index (χ1n) is 5.49. The molecular formula is C11H14BrClN2O4S. The topological polar surface area (TPSA) is 98.5 Å². The second-order valence-electron chi connectivity index (χ2n) is 4.07. The van der Waals surface area contributed by atoms with Gasteiger partial charge in [-0.1, -0.05) is 11.6 Å². The first-order valence-corrected chi connectivity index (χ1v) is 8.21. The highest BCUT2D eigenvalue weighted by Crippen LogP contribution is 2.30. The lowest BCUT2D eigenvalue weighted by atomic mass is 10.2. The first-order chi connectivity index (χ1) is 9.16. The first kappa shape index (κ1) is 17.4. The number of nitrogens with two attached hydrogens (primary N) is 1. The highest BCUT2D eigenvalue weighted by Gasteiger charge is 2.19. The molecule has 1 aromatic carbocycles. The third kappa shape index (κ3) is 4.42.